The third-order valence-electron chi connectivity index (χ3n) is 10.3. The second-order valence-corrected chi connectivity index (χ2v) is 13.4. The summed E-state index contributed by atoms with van der Waals surface area (Å²) < 4.78 is 45.4. The number of imide groups is 2. The van der Waals surface area contributed by atoms with Crippen molar-refractivity contribution in [3.63, 3.8) is 0 Å². The van der Waals surface area contributed by atoms with Crippen molar-refractivity contribution in [1.82, 2.24) is 14.9 Å². The highest BCUT2D eigenvalue weighted by molar-refractivity contribution is 6.33. The number of hydrogen-bond donors (Lipinski definition) is 2. The van der Waals surface area contributed by atoms with Crippen LogP contribution in [0.25, 0.3) is 0 Å². The van der Waals surface area contributed by atoms with E-state index in [1.807, 2.05) is 6.08 Å². The van der Waals surface area contributed by atoms with Gasteiger partial charge < -0.3 is 9.84 Å². The van der Waals surface area contributed by atoms with Crippen LogP contribution in [0.2, 0.25) is 10.0 Å². The lowest BCUT2D eigenvalue weighted by atomic mass is 9.49. The maximum absolute atomic E-state index is 15.1. The van der Waals surface area contributed by atoms with Gasteiger partial charge in [0.05, 0.1) is 40.9 Å². The summed E-state index contributed by atoms with van der Waals surface area (Å²) in [6.45, 7) is 0. The summed E-state index contributed by atoms with van der Waals surface area (Å²) in [5.74, 6) is -6.92. The number of anilines is 1. The molecule has 0 unspecified atom stereocenters. The molecule has 3 heterocycles. The number of nitrogens with one attached hydrogen (secondary N) is 1. The Morgan fingerprint density at radius 3 is 2.35 bits per heavy atom. The first-order valence-electron chi connectivity index (χ1n) is 15.2. The van der Waals surface area contributed by atoms with Gasteiger partial charge in [-0.05, 0) is 60.2 Å². The second-order valence-electron chi connectivity index (χ2n) is 12.6. The number of aromatic nitrogens is 1. The van der Waals surface area contributed by atoms with E-state index in [-0.39, 0.29) is 36.1 Å². The summed E-state index contributed by atoms with van der Waals surface area (Å²) in [6.07, 6.45) is -2.17. The van der Waals surface area contributed by atoms with Crippen molar-refractivity contribution in [2.75, 3.05) is 19.6 Å². The van der Waals surface area contributed by atoms with E-state index in [9.17, 15) is 32.7 Å². The zero-order valence-electron chi connectivity index (χ0n) is 25.8. The fourth-order valence-electron chi connectivity index (χ4n) is 8.20. The Labute approximate surface area is 287 Å². The lowest BCUT2D eigenvalue weighted by Crippen LogP contribution is -2.53. The van der Waals surface area contributed by atoms with Crippen molar-refractivity contribution in [3.05, 3.63) is 93.1 Å². The van der Waals surface area contributed by atoms with Crippen molar-refractivity contribution in [2.45, 2.75) is 30.4 Å². The van der Waals surface area contributed by atoms with Crippen LogP contribution in [0, 0.1) is 23.7 Å². The Balaban J connectivity index is 1.45. The molecule has 7 rings (SSSR count). The third kappa shape index (κ3) is 4.80. The van der Waals surface area contributed by atoms with Crippen molar-refractivity contribution in [2.24, 2.45) is 23.7 Å². The molecule has 0 radical (unpaired) electrons. The van der Waals surface area contributed by atoms with Crippen molar-refractivity contribution in [3.8, 4) is 11.5 Å². The summed E-state index contributed by atoms with van der Waals surface area (Å²) in [5.41, 5.74) is 1.19. The molecule has 49 heavy (non-hydrogen) atoms. The summed E-state index contributed by atoms with van der Waals surface area (Å²) in [6, 6.07) is 11.6. The Hall–Kier alpha value is -4.62. The molecule has 1 aromatic heterocycles. The van der Waals surface area contributed by atoms with Gasteiger partial charge in [0.25, 0.3) is 11.8 Å². The number of phenolic OH excluding ortho intramolecular Hbond substituents is 1. The summed E-state index contributed by atoms with van der Waals surface area (Å²) in [4.78, 5) is 61.2. The predicted octanol–water partition coefficient (Wildman–Crippen LogP) is 5.74. The van der Waals surface area contributed by atoms with Gasteiger partial charge in [-0.15, -0.1) is 0 Å². The largest absolute Gasteiger partial charge is 0.504 e. The van der Waals surface area contributed by atoms with Crippen molar-refractivity contribution in [1.29, 1.82) is 0 Å². The number of pyridine rings is 1. The van der Waals surface area contributed by atoms with E-state index in [1.165, 1.54) is 26.3 Å². The molecule has 2 saturated heterocycles. The number of carbonyl (C=O) groups is 4. The van der Waals surface area contributed by atoms with Crippen LogP contribution >= 0.6 is 23.2 Å². The SMILES string of the molecule is COc1ccc([C@H]2C3=CC[C@@H]4C(=O)N(C)C(=O)[C@@H]4[C@@H]3C[C@H]3C(=O)N(Nc4ncc(C(F)(F)F)cc4Cl)C(=O)[C@@]23c2ccc(Cl)cc2)cc1O. The molecular weight excluding hydrogens is 688 g/mol. The average molecular weight is 716 g/mol. The number of ether oxygens (including phenoxy) is 1. The van der Waals surface area contributed by atoms with E-state index in [1.54, 1.807) is 30.3 Å². The van der Waals surface area contributed by atoms with Gasteiger partial charge in [0, 0.05) is 24.2 Å². The molecule has 2 aliphatic carbocycles. The fourth-order valence-corrected chi connectivity index (χ4v) is 8.54. The van der Waals surface area contributed by atoms with Gasteiger partial charge in [0.1, 0.15) is 0 Å². The standard InChI is InChI=1S/C34H27Cl2F3N4O6/c1-42-29(45)20-9-8-19-21(26(20)31(42)47)13-22-30(46)43(41-28-23(36)12-17(14-40-28)34(37,38)39)32(48)33(22,16-4-6-18(35)7-5-16)27(19)15-3-10-25(49-2)24(44)11-15/h3-8,10-12,14,20-22,26-27,44H,9,13H2,1-2H3,(H,40,41)/t20-,21+,22-,26-,27-,33+/m0/s1. The zero-order chi connectivity index (χ0) is 35.2. The quantitative estimate of drug-likeness (QED) is 0.253. The van der Waals surface area contributed by atoms with Crippen LogP contribution in [0.1, 0.15) is 35.4 Å². The Kier molecular flexibility index (Phi) is 7.71. The number of halogens is 5. The number of aromatic hydroxyl groups is 1. The van der Waals surface area contributed by atoms with E-state index in [0.29, 0.717) is 39.0 Å². The predicted molar refractivity (Wildman–Crippen MR) is 169 cm³/mol. The van der Waals surface area contributed by atoms with Gasteiger partial charge in [0.2, 0.25) is 11.8 Å². The molecule has 0 spiro atoms. The number of methoxy groups -OCH3 is 1. The highest BCUT2D eigenvalue weighted by atomic mass is 35.5. The molecule has 1 saturated carbocycles. The van der Waals surface area contributed by atoms with Gasteiger partial charge in [0.15, 0.2) is 17.3 Å². The number of alkyl halides is 3. The number of hydrogen-bond acceptors (Lipinski definition) is 8. The maximum atomic E-state index is 15.1. The maximum Gasteiger partial charge on any atom is 0.417 e. The molecule has 4 aliphatic rings. The first-order chi connectivity index (χ1) is 23.2. The number of phenols is 1. The monoisotopic (exact) mass is 714 g/mol. The van der Waals surface area contributed by atoms with Gasteiger partial charge in [-0.25, -0.2) is 4.98 Å². The molecule has 254 valence electrons. The minimum Gasteiger partial charge on any atom is -0.504 e. The van der Waals surface area contributed by atoms with E-state index in [2.05, 4.69) is 10.4 Å². The number of amides is 4. The van der Waals surface area contributed by atoms with E-state index in [0.717, 1.165) is 4.90 Å². The van der Waals surface area contributed by atoms with Gasteiger partial charge >= 0.3 is 6.18 Å². The smallest absolute Gasteiger partial charge is 0.417 e. The van der Waals surface area contributed by atoms with Crippen molar-refractivity contribution < 1.29 is 42.2 Å². The molecule has 2 aromatic carbocycles. The van der Waals surface area contributed by atoms with Crippen LogP contribution in [-0.2, 0) is 30.8 Å². The molecule has 0 bridgehead atoms. The van der Waals surface area contributed by atoms with Gasteiger partial charge in [-0.3, -0.25) is 29.5 Å². The molecule has 4 amide bonds. The molecule has 3 fully saturated rings. The topological polar surface area (TPSA) is 129 Å². The summed E-state index contributed by atoms with van der Waals surface area (Å²) in [7, 11) is 2.79. The van der Waals surface area contributed by atoms with Crippen molar-refractivity contribution >= 4 is 52.6 Å². The Bertz CT molecular complexity index is 1970. The van der Waals surface area contributed by atoms with Crippen LogP contribution < -0.4 is 10.2 Å². The van der Waals surface area contributed by atoms with Crippen LogP contribution in [0.3, 0.4) is 0 Å². The first kappa shape index (κ1) is 32.9. The minimum atomic E-state index is -4.74. The number of hydrazine groups is 1. The number of fused-ring (bicyclic) bond motifs is 4. The van der Waals surface area contributed by atoms with Gasteiger partial charge in [-0.1, -0.05) is 53.1 Å². The zero-order valence-corrected chi connectivity index (χ0v) is 27.3. The fraction of sp³-hybridized carbons (Fsp3) is 0.324. The molecule has 6 atom stereocenters. The number of likely N-dealkylation sites (tertiary alicyclic amines) is 1. The number of rotatable bonds is 5. The number of benzene rings is 2. The average Bonchev–Trinajstić information content (AvgIpc) is 3.41. The Morgan fingerprint density at radius 2 is 1.71 bits per heavy atom. The number of nitrogens with zero attached hydrogens (tertiary/aromatic N) is 3. The Morgan fingerprint density at radius 1 is 1.00 bits per heavy atom. The highest BCUT2D eigenvalue weighted by Gasteiger charge is 2.70. The van der Waals surface area contributed by atoms with E-state index >= 15 is 4.79 Å². The number of carbonyl (C=O) groups excluding carboxylic acids is 4. The molecule has 10 nitrogen and oxygen atoms in total. The van der Waals surface area contributed by atoms with Gasteiger partial charge in [-0.2, -0.15) is 18.2 Å². The molecule has 3 aromatic rings. The molecule has 2 N–H and O–H groups in total. The summed E-state index contributed by atoms with van der Waals surface area (Å²) >= 11 is 12.5. The van der Waals surface area contributed by atoms with Crippen LogP contribution in [0.5, 0.6) is 11.5 Å². The van der Waals surface area contributed by atoms with E-state index < -0.39 is 69.5 Å². The van der Waals surface area contributed by atoms with Crippen LogP contribution in [-0.4, -0.2) is 57.8 Å². The van der Waals surface area contributed by atoms with Crippen LogP contribution in [0.4, 0.5) is 19.0 Å². The molecule has 2 aliphatic heterocycles. The third-order valence-corrected chi connectivity index (χ3v) is 10.9. The summed E-state index contributed by atoms with van der Waals surface area (Å²) in [5, 5.41) is 11.5. The normalized spacial score (nSPS) is 27.9. The lowest BCUT2D eigenvalue weighted by Gasteiger charge is -2.50. The number of allylic oxidation sites excluding steroid dienone is 2. The van der Waals surface area contributed by atoms with Crippen LogP contribution in [0.15, 0.2) is 66.4 Å². The molecule has 15 heteroatoms. The van der Waals surface area contributed by atoms with E-state index in [4.69, 9.17) is 27.9 Å². The lowest BCUT2D eigenvalue weighted by molar-refractivity contribution is -0.140. The second kappa shape index (κ2) is 11.5. The highest BCUT2D eigenvalue weighted by Crippen LogP contribution is 2.64. The molecular formula is C34H27Cl2F3N4O6. The first-order valence-corrected chi connectivity index (χ1v) is 16.0. The minimum absolute atomic E-state index is 0.0158.